The molecule has 5 nitrogen and oxygen atoms in total. The summed E-state index contributed by atoms with van der Waals surface area (Å²) in [6.07, 6.45) is 3.36. The Bertz CT molecular complexity index is 601. The number of nitrogens with one attached hydrogen (secondary N) is 1. The van der Waals surface area contributed by atoms with Gasteiger partial charge in [0, 0.05) is 6.54 Å². The lowest BCUT2D eigenvalue weighted by atomic mass is 9.64. The molecule has 1 N–H and O–H groups in total. The third kappa shape index (κ3) is 2.17. The molecule has 1 aliphatic carbocycles. The van der Waals surface area contributed by atoms with Crippen molar-refractivity contribution in [3.63, 3.8) is 0 Å². The van der Waals surface area contributed by atoms with E-state index in [1.54, 1.807) is 0 Å². The molecule has 1 atom stereocenters. The fourth-order valence-electron chi connectivity index (χ4n) is 3.22. The van der Waals surface area contributed by atoms with Crippen LogP contribution in [0.15, 0.2) is 34.9 Å². The van der Waals surface area contributed by atoms with Crippen molar-refractivity contribution >= 4 is 0 Å². The van der Waals surface area contributed by atoms with E-state index in [1.165, 1.54) is 12.0 Å². The Balaban J connectivity index is 1.64. The highest BCUT2D eigenvalue weighted by atomic mass is 16.5. The van der Waals surface area contributed by atoms with E-state index in [9.17, 15) is 0 Å². The number of hydrogen-bond acceptors (Lipinski definition) is 5. The van der Waals surface area contributed by atoms with Gasteiger partial charge in [-0.3, -0.25) is 0 Å². The van der Waals surface area contributed by atoms with Crippen LogP contribution in [0.1, 0.15) is 42.6 Å². The van der Waals surface area contributed by atoms with Gasteiger partial charge in [-0.15, -0.1) is 0 Å². The molecule has 1 aliphatic heterocycles. The topological polar surface area (TPSA) is 60.2 Å². The molecule has 4 rings (SSSR count). The molecule has 2 fully saturated rings. The highest BCUT2D eigenvalue weighted by Gasteiger charge is 2.45. The molecule has 1 saturated heterocycles. The van der Waals surface area contributed by atoms with Gasteiger partial charge in [-0.2, -0.15) is 4.98 Å². The number of nitrogens with zero attached hydrogens (tertiary/aromatic N) is 2. The average Bonchev–Trinajstić information content (AvgIpc) is 2.98. The van der Waals surface area contributed by atoms with E-state index >= 15 is 0 Å². The normalized spacial score (nSPS) is 24.5. The number of ether oxygens (including phenoxy) is 1. The zero-order valence-corrected chi connectivity index (χ0v) is 11.9. The van der Waals surface area contributed by atoms with Gasteiger partial charge in [-0.1, -0.05) is 41.9 Å². The van der Waals surface area contributed by atoms with Gasteiger partial charge < -0.3 is 14.6 Å². The fraction of sp³-hybridized carbons (Fsp3) is 0.500. The molecule has 21 heavy (non-hydrogen) atoms. The van der Waals surface area contributed by atoms with Crippen LogP contribution in [0.5, 0.6) is 0 Å². The quantitative estimate of drug-likeness (QED) is 0.937. The van der Waals surface area contributed by atoms with Crippen molar-refractivity contribution in [2.24, 2.45) is 0 Å². The molecule has 0 bridgehead atoms. The number of aromatic nitrogens is 2. The van der Waals surface area contributed by atoms with Crippen LogP contribution < -0.4 is 5.32 Å². The minimum Gasteiger partial charge on any atom is -0.378 e. The molecular weight excluding hydrogens is 266 g/mol. The summed E-state index contributed by atoms with van der Waals surface area (Å²) in [6, 6.07) is 10.5. The molecular formula is C16H19N3O2. The summed E-state index contributed by atoms with van der Waals surface area (Å²) in [5.74, 6) is 1.47. The maximum atomic E-state index is 5.62. The predicted molar refractivity (Wildman–Crippen MR) is 76.9 cm³/mol. The lowest BCUT2D eigenvalue weighted by Crippen LogP contribution is -2.37. The van der Waals surface area contributed by atoms with Crippen molar-refractivity contribution < 1.29 is 9.26 Å². The van der Waals surface area contributed by atoms with Crippen LogP contribution in [0, 0.1) is 0 Å². The standard InChI is InChI=1S/C16H19N3O2/c1-2-5-12(6-3-1)16(7-4-8-16)15-18-14(19-21-15)13-11-20-10-9-17-13/h1-3,5-6,13,17H,4,7-11H2. The molecule has 5 heteroatoms. The van der Waals surface area contributed by atoms with E-state index < -0.39 is 0 Å². The SMILES string of the molecule is c1ccc(C2(c3nc(C4COCCN4)no3)CCC2)cc1. The van der Waals surface area contributed by atoms with Crippen molar-refractivity contribution in [3.8, 4) is 0 Å². The van der Waals surface area contributed by atoms with E-state index in [-0.39, 0.29) is 11.5 Å². The first kappa shape index (κ1) is 13.0. The van der Waals surface area contributed by atoms with E-state index in [0.29, 0.717) is 12.4 Å². The van der Waals surface area contributed by atoms with E-state index in [0.717, 1.165) is 31.9 Å². The van der Waals surface area contributed by atoms with Crippen LogP contribution in [0.2, 0.25) is 0 Å². The molecule has 0 radical (unpaired) electrons. The Morgan fingerprint density at radius 3 is 2.71 bits per heavy atom. The summed E-state index contributed by atoms with van der Waals surface area (Å²) in [5, 5.41) is 7.55. The lowest BCUT2D eigenvalue weighted by molar-refractivity contribution is 0.0734. The molecule has 110 valence electrons. The van der Waals surface area contributed by atoms with E-state index in [1.807, 2.05) is 6.07 Å². The molecule has 1 aromatic heterocycles. The third-order valence-corrected chi connectivity index (χ3v) is 4.62. The molecule has 1 saturated carbocycles. The summed E-state index contributed by atoms with van der Waals surface area (Å²) in [5.41, 5.74) is 1.20. The summed E-state index contributed by atoms with van der Waals surface area (Å²) in [7, 11) is 0. The summed E-state index contributed by atoms with van der Waals surface area (Å²) in [6.45, 7) is 2.19. The van der Waals surface area contributed by atoms with Crippen molar-refractivity contribution in [1.29, 1.82) is 0 Å². The average molecular weight is 285 g/mol. The van der Waals surface area contributed by atoms with Crippen molar-refractivity contribution in [2.45, 2.75) is 30.7 Å². The number of morpholine rings is 1. The Morgan fingerprint density at radius 2 is 2.05 bits per heavy atom. The number of hydrogen-bond donors (Lipinski definition) is 1. The monoisotopic (exact) mass is 285 g/mol. The Labute approximate surface area is 123 Å². The van der Waals surface area contributed by atoms with Gasteiger partial charge in [0.1, 0.15) is 0 Å². The van der Waals surface area contributed by atoms with Gasteiger partial charge >= 0.3 is 0 Å². The maximum absolute atomic E-state index is 5.62. The van der Waals surface area contributed by atoms with Crippen LogP contribution in [0.25, 0.3) is 0 Å². The third-order valence-electron chi connectivity index (χ3n) is 4.62. The largest absolute Gasteiger partial charge is 0.378 e. The summed E-state index contributed by atoms with van der Waals surface area (Å²) >= 11 is 0. The zero-order chi connectivity index (χ0) is 14.1. The fourth-order valence-corrected chi connectivity index (χ4v) is 3.22. The highest BCUT2D eigenvalue weighted by Crippen LogP contribution is 2.48. The van der Waals surface area contributed by atoms with Crippen molar-refractivity contribution in [1.82, 2.24) is 15.5 Å². The van der Waals surface area contributed by atoms with Crippen LogP contribution in [0.3, 0.4) is 0 Å². The molecule has 1 unspecified atom stereocenters. The van der Waals surface area contributed by atoms with Gasteiger partial charge in [0.2, 0.25) is 5.89 Å². The second-order valence-electron chi connectivity index (χ2n) is 5.84. The summed E-state index contributed by atoms with van der Waals surface area (Å²) < 4.78 is 11.1. The second kappa shape index (κ2) is 5.24. The van der Waals surface area contributed by atoms with Gasteiger partial charge in [0.15, 0.2) is 5.82 Å². The minimum absolute atomic E-state index is 0.0455. The van der Waals surface area contributed by atoms with Crippen molar-refractivity contribution in [3.05, 3.63) is 47.6 Å². The summed E-state index contributed by atoms with van der Waals surface area (Å²) in [4.78, 5) is 4.68. The molecule has 1 aromatic carbocycles. The first-order valence-electron chi connectivity index (χ1n) is 7.59. The first-order valence-corrected chi connectivity index (χ1v) is 7.59. The molecule has 2 aliphatic rings. The minimum atomic E-state index is -0.0813. The van der Waals surface area contributed by atoms with Gasteiger partial charge in [0.25, 0.3) is 0 Å². The lowest BCUT2D eigenvalue weighted by Gasteiger charge is -2.38. The van der Waals surface area contributed by atoms with Crippen LogP contribution in [-0.2, 0) is 10.2 Å². The van der Waals surface area contributed by atoms with Crippen molar-refractivity contribution in [2.75, 3.05) is 19.8 Å². The first-order chi connectivity index (χ1) is 10.4. The maximum Gasteiger partial charge on any atom is 0.237 e. The smallest absolute Gasteiger partial charge is 0.237 e. The van der Waals surface area contributed by atoms with Crippen LogP contribution >= 0.6 is 0 Å². The number of benzene rings is 1. The van der Waals surface area contributed by atoms with Gasteiger partial charge in [-0.25, -0.2) is 0 Å². The molecule has 2 aromatic rings. The highest BCUT2D eigenvalue weighted by molar-refractivity contribution is 5.34. The Morgan fingerprint density at radius 1 is 1.19 bits per heavy atom. The van der Waals surface area contributed by atoms with E-state index in [4.69, 9.17) is 9.26 Å². The van der Waals surface area contributed by atoms with Crippen LogP contribution in [-0.4, -0.2) is 29.9 Å². The predicted octanol–water partition coefficient (Wildman–Crippen LogP) is 2.20. The molecule has 0 amide bonds. The zero-order valence-electron chi connectivity index (χ0n) is 11.9. The second-order valence-corrected chi connectivity index (χ2v) is 5.84. The van der Waals surface area contributed by atoms with Gasteiger partial charge in [-0.05, 0) is 18.4 Å². The van der Waals surface area contributed by atoms with E-state index in [2.05, 4.69) is 39.7 Å². The number of rotatable bonds is 3. The van der Waals surface area contributed by atoms with Crippen LogP contribution in [0.4, 0.5) is 0 Å². The molecule has 0 spiro atoms. The Hall–Kier alpha value is -1.72. The molecule has 2 heterocycles. The van der Waals surface area contributed by atoms with Gasteiger partial charge in [0.05, 0.1) is 24.7 Å². The Kier molecular flexibility index (Phi) is 3.24.